The van der Waals surface area contributed by atoms with E-state index in [9.17, 15) is 0 Å². The van der Waals surface area contributed by atoms with E-state index in [1.54, 1.807) is 0 Å². The summed E-state index contributed by atoms with van der Waals surface area (Å²) in [5.74, 6) is 1.91. The predicted molar refractivity (Wildman–Crippen MR) is 152 cm³/mol. The van der Waals surface area contributed by atoms with E-state index in [1.165, 1.54) is 86.5 Å². The fourth-order valence-corrected chi connectivity index (χ4v) is 5.31. The summed E-state index contributed by atoms with van der Waals surface area (Å²) in [6.45, 7) is 5.62. The minimum absolute atomic E-state index is 0.700. The maximum atomic E-state index is 5.64. The van der Waals surface area contributed by atoms with Gasteiger partial charge in [-0.25, -0.2) is 0 Å². The van der Waals surface area contributed by atoms with Gasteiger partial charge in [0, 0.05) is 0 Å². The fourth-order valence-electron chi connectivity index (χ4n) is 5.31. The van der Waals surface area contributed by atoms with Crippen LogP contribution in [0.4, 0.5) is 0 Å². The first-order valence-electron chi connectivity index (χ1n) is 14.3. The minimum Gasteiger partial charge on any atom is -0.373 e. The number of aryl methyl sites for hydroxylation is 2. The quantitative estimate of drug-likeness (QED) is 0.185. The molecule has 1 aliphatic carbocycles. The summed E-state index contributed by atoms with van der Waals surface area (Å²) in [5, 5.41) is 0. The third-order valence-electron chi connectivity index (χ3n) is 7.66. The van der Waals surface area contributed by atoms with Crippen molar-refractivity contribution in [3.05, 3.63) is 95.1 Å². The molecule has 35 heavy (non-hydrogen) atoms. The van der Waals surface area contributed by atoms with E-state index >= 15 is 0 Å². The number of allylic oxidation sites excluding steroid dienone is 3. The van der Waals surface area contributed by atoms with Crippen LogP contribution in [0.25, 0.3) is 0 Å². The van der Waals surface area contributed by atoms with Crippen molar-refractivity contribution in [3.8, 4) is 0 Å². The third-order valence-corrected chi connectivity index (χ3v) is 7.66. The van der Waals surface area contributed by atoms with Crippen LogP contribution in [-0.2, 0) is 30.6 Å². The molecule has 2 aromatic rings. The van der Waals surface area contributed by atoms with Crippen LogP contribution in [0.5, 0.6) is 0 Å². The number of benzene rings is 2. The predicted octanol–water partition coefficient (Wildman–Crippen LogP) is 9.44. The molecule has 0 N–H and O–H groups in total. The molecule has 0 amide bonds. The van der Waals surface area contributed by atoms with Crippen molar-refractivity contribution in [2.24, 2.45) is 11.8 Å². The molecular weight excluding hydrogens is 424 g/mol. The van der Waals surface area contributed by atoms with Crippen LogP contribution in [0.2, 0.25) is 0 Å². The second-order valence-corrected chi connectivity index (χ2v) is 10.5. The van der Waals surface area contributed by atoms with Crippen LogP contribution in [-0.4, -0.2) is 6.61 Å². The zero-order valence-electron chi connectivity index (χ0n) is 22.4. The van der Waals surface area contributed by atoms with Crippen molar-refractivity contribution >= 4 is 0 Å². The van der Waals surface area contributed by atoms with E-state index in [-0.39, 0.29) is 0 Å². The molecule has 1 aliphatic rings. The number of hydrogen-bond acceptors (Lipinski definition) is 1. The average Bonchev–Trinajstić information content (AvgIpc) is 2.90. The van der Waals surface area contributed by atoms with Crippen molar-refractivity contribution in [3.63, 3.8) is 0 Å². The average molecular weight is 473 g/mol. The molecular formula is C34H48O. The van der Waals surface area contributed by atoms with Crippen LogP contribution in [0.3, 0.4) is 0 Å². The highest BCUT2D eigenvalue weighted by atomic mass is 16.5. The number of unbranched alkanes of at least 4 members (excludes halogenated alkanes) is 1. The second kappa shape index (κ2) is 16.5. The first-order valence-corrected chi connectivity index (χ1v) is 14.3. The molecule has 1 nitrogen and oxygen atoms in total. The summed E-state index contributed by atoms with van der Waals surface area (Å²) >= 11 is 0. The molecule has 0 bridgehead atoms. The van der Waals surface area contributed by atoms with E-state index in [0.717, 1.165) is 24.7 Å². The Kier molecular flexibility index (Phi) is 13.0. The first-order chi connectivity index (χ1) is 17.3. The van der Waals surface area contributed by atoms with Gasteiger partial charge in [0.05, 0.1) is 13.2 Å². The van der Waals surface area contributed by atoms with Gasteiger partial charge in [-0.2, -0.15) is 0 Å². The van der Waals surface area contributed by atoms with Crippen LogP contribution in [0, 0.1) is 11.8 Å². The van der Waals surface area contributed by atoms with Gasteiger partial charge in [0.2, 0.25) is 0 Å². The summed E-state index contributed by atoms with van der Waals surface area (Å²) in [5.41, 5.74) is 5.69. The van der Waals surface area contributed by atoms with Gasteiger partial charge in [-0.1, -0.05) is 118 Å². The molecule has 0 radical (unpaired) electrons. The number of hydrogen-bond donors (Lipinski definition) is 0. The Balaban J connectivity index is 1.24. The molecule has 0 saturated heterocycles. The van der Waals surface area contributed by atoms with Gasteiger partial charge in [0.25, 0.3) is 0 Å². The normalized spacial score (nSPS) is 18.6. The summed E-state index contributed by atoms with van der Waals surface area (Å²) < 4.78 is 5.64. The van der Waals surface area contributed by atoms with E-state index in [0.29, 0.717) is 13.2 Å². The van der Waals surface area contributed by atoms with Crippen LogP contribution >= 0.6 is 0 Å². The summed E-state index contributed by atoms with van der Waals surface area (Å²) in [7, 11) is 0. The van der Waals surface area contributed by atoms with E-state index < -0.39 is 0 Å². The highest BCUT2D eigenvalue weighted by molar-refractivity contribution is 5.24. The maximum absolute atomic E-state index is 5.64. The minimum atomic E-state index is 0.700. The van der Waals surface area contributed by atoms with Gasteiger partial charge < -0.3 is 4.74 Å². The lowest BCUT2D eigenvalue weighted by Gasteiger charge is -2.28. The van der Waals surface area contributed by atoms with E-state index in [2.05, 4.69) is 67.6 Å². The fraction of sp³-hybridized carbons (Fsp3) is 0.529. The maximum Gasteiger partial charge on any atom is 0.0721 e. The second-order valence-electron chi connectivity index (χ2n) is 10.5. The van der Waals surface area contributed by atoms with E-state index in [1.807, 2.05) is 19.1 Å². The third kappa shape index (κ3) is 11.0. The van der Waals surface area contributed by atoms with Gasteiger partial charge in [-0.3, -0.25) is 0 Å². The Hall–Kier alpha value is -2.12. The zero-order chi connectivity index (χ0) is 24.6. The molecule has 0 atom stereocenters. The zero-order valence-corrected chi connectivity index (χ0v) is 22.4. The van der Waals surface area contributed by atoms with Gasteiger partial charge >= 0.3 is 0 Å². The summed E-state index contributed by atoms with van der Waals surface area (Å²) in [4.78, 5) is 0. The van der Waals surface area contributed by atoms with Crippen molar-refractivity contribution in [1.82, 2.24) is 0 Å². The molecule has 2 aromatic carbocycles. The summed E-state index contributed by atoms with van der Waals surface area (Å²) in [6, 6.07) is 18.4. The van der Waals surface area contributed by atoms with Gasteiger partial charge in [-0.15, -0.1) is 0 Å². The lowest BCUT2D eigenvalue weighted by atomic mass is 9.77. The largest absolute Gasteiger partial charge is 0.373 e. The monoisotopic (exact) mass is 472 g/mol. The Morgan fingerprint density at radius 1 is 0.686 bits per heavy atom. The van der Waals surface area contributed by atoms with Gasteiger partial charge in [0.1, 0.15) is 0 Å². The van der Waals surface area contributed by atoms with Crippen molar-refractivity contribution in [2.75, 3.05) is 6.61 Å². The van der Waals surface area contributed by atoms with E-state index in [4.69, 9.17) is 4.74 Å². The Bertz CT molecular complexity index is 850. The molecule has 190 valence electrons. The molecule has 0 aromatic heterocycles. The molecule has 0 heterocycles. The molecule has 0 aliphatic heterocycles. The molecule has 1 fully saturated rings. The topological polar surface area (TPSA) is 9.23 Å². The van der Waals surface area contributed by atoms with Crippen LogP contribution in [0.15, 0.2) is 72.8 Å². The van der Waals surface area contributed by atoms with Gasteiger partial charge in [0.15, 0.2) is 0 Å². The number of rotatable bonds is 15. The molecule has 1 heteroatoms. The van der Waals surface area contributed by atoms with Crippen molar-refractivity contribution in [1.29, 1.82) is 0 Å². The highest BCUT2D eigenvalue weighted by Gasteiger charge is 2.20. The lowest BCUT2D eigenvalue weighted by Crippen LogP contribution is -2.15. The van der Waals surface area contributed by atoms with Gasteiger partial charge in [-0.05, 0) is 79.5 Å². The first kappa shape index (κ1) is 27.5. The molecule has 3 rings (SSSR count). The Morgan fingerprint density at radius 3 is 1.94 bits per heavy atom. The Morgan fingerprint density at radius 2 is 1.29 bits per heavy atom. The van der Waals surface area contributed by atoms with Crippen LogP contribution < -0.4 is 0 Å². The number of ether oxygens (including phenoxy) is 1. The standard InChI is InChI=1S/C34H48O/c1-3-5-7-10-29-13-17-32(18-14-29)21-22-33-19-15-30(16-20-33)11-8-9-12-31-23-25-34(26-24-31)28-35-27-6-4-2/h4-7,13-14,17-18,23-26,30,33H,3,8-12,15-16,19-22,27-28H2,1-2H3/t30-,33-. The smallest absolute Gasteiger partial charge is 0.0721 e. The highest BCUT2D eigenvalue weighted by Crippen LogP contribution is 2.34. The van der Waals surface area contributed by atoms with Crippen LogP contribution in [0.1, 0.15) is 93.9 Å². The molecule has 1 saturated carbocycles. The lowest BCUT2D eigenvalue weighted by molar-refractivity contribution is 0.148. The molecule has 0 spiro atoms. The van der Waals surface area contributed by atoms with Crippen molar-refractivity contribution in [2.45, 2.75) is 97.5 Å². The molecule has 0 unspecified atom stereocenters. The summed E-state index contributed by atoms with van der Waals surface area (Å²) in [6.07, 6.45) is 24.6. The SMILES string of the molecule is CC=CCOCc1ccc(CCCC[C@H]2CC[C@H](CCc3ccc(CC=CCC)cc3)CC2)cc1. The van der Waals surface area contributed by atoms with Crippen molar-refractivity contribution < 1.29 is 4.74 Å². The Labute approximate surface area is 215 Å².